The minimum Gasteiger partial charge on any atom is -0.348 e. The second kappa shape index (κ2) is 10.5. The van der Waals surface area contributed by atoms with Crippen LogP contribution in [0.3, 0.4) is 0 Å². The number of aromatic nitrogens is 2. The van der Waals surface area contributed by atoms with Crippen LogP contribution in [0, 0.1) is 18.6 Å². The van der Waals surface area contributed by atoms with Gasteiger partial charge in [-0.3, -0.25) is 0 Å². The third kappa shape index (κ3) is 5.69. The highest BCUT2D eigenvalue weighted by Gasteiger charge is 2.31. The number of hydrogen-bond donors (Lipinski definition) is 1. The maximum Gasteiger partial charge on any atom is 0.276 e. The molecule has 2 heterocycles. The van der Waals surface area contributed by atoms with Crippen molar-refractivity contribution in [2.24, 2.45) is 5.10 Å². The molecule has 8 nitrogen and oxygen atoms in total. The SMILES string of the molecule is Cc1ccc(S(=O)(=O)N/N=C(/c2c(Cl)cc(F)cc2Cl)N2CCN(c3ncc(F)cn3)C[C@@H]2C)cc1. The van der Waals surface area contributed by atoms with Gasteiger partial charge in [-0.25, -0.2) is 18.7 Å². The number of nitrogens with one attached hydrogen (secondary N) is 1. The van der Waals surface area contributed by atoms with Crippen LogP contribution in [0.25, 0.3) is 0 Å². The Morgan fingerprint density at radius 2 is 1.67 bits per heavy atom. The van der Waals surface area contributed by atoms with Gasteiger partial charge in [-0.15, -0.1) is 5.10 Å². The van der Waals surface area contributed by atoms with Crippen molar-refractivity contribution in [1.82, 2.24) is 19.7 Å². The number of nitrogens with zero attached hydrogens (tertiary/aromatic N) is 5. The molecule has 190 valence electrons. The molecule has 3 aromatic rings. The van der Waals surface area contributed by atoms with Gasteiger partial charge in [-0.2, -0.15) is 13.2 Å². The first-order valence-corrected chi connectivity index (χ1v) is 13.1. The van der Waals surface area contributed by atoms with E-state index in [4.69, 9.17) is 23.2 Å². The summed E-state index contributed by atoms with van der Waals surface area (Å²) in [7, 11) is -4.02. The number of aryl methyl sites for hydroxylation is 1. The average molecular weight is 555 g/mol. The largest absolute Gasteiger partial charge is 0.348 e. The Morgan fingerprint density at radius 3 is 2.25 bits per heavy atom. The Kier molecular flexibility index (Phi) is 7.62. The van der Waals surface area contributed by atoms with Crippen LogP contribution in [-0.4, -0.2) is 54.8 Å². The number of benzene rings is 2. The zero-order valence-corrected chi connectivity index (χ0v) is 21.6. The van der Waals surface area contributed by atoms with Crippen LogP contribution in [0.2, 0.25) is 10.0 Å². The van der Waals surface area contributed by atoms with Gasteiger partial charge in [-0.1, -0.05) is 40.9 Å². The average Bonchev–Trinajstić information content (AvgIpc) is 2.81. The number of hydrazone groups is 1. The molecule has 0 saturated carbocycles. The zero-order valence-electron chi connectivity index (χ0n) is 19.3. The fourth-order valence-corrected chi connectivity index (χ4v) is 5.25. The number of halogens is 4. The van der Waals surface area contributed by atoms with Crippen molar-refractivity contribution in [3.05, 3.63) is 81.6 Å². The van der Waals surface area contributed by atoms with Gasteiger partial charge in [0.2, 0.25) is 5.95 Å². The van der Waals surface area contributed by atoms with Crippen molar-refractivity contribution in [3.63, 3.8) is 0 Å². The summed E-state index contributed by atoms with van der Waals surface area (Å²) in [6.45, 7) is 4.89. The van der Waals surface area contributed by atoms with Gasteiger partial charge >= 0.3 is 0 Å². The molecule has 0 aliphatic carbocycles. The number of anilines is 1. The molecule has 13 heteroatoms. The molecule has 1 saturated heterocycles. The first kappa shape index (κ1) is 26.1. The van der Waals surface area contributed by atoms with Crippen LogP contribution >= 0.6 is 23.2 Å². The van der Waals surface area contributed by atoms with Crippen molar-refractivity contribution in [3.8, 4) is 0 Å². The van der Waals surface area contributed by atoms with E-state index in [1.54, 1.807) is 12.1 Å². The Bertz CT molecular complexity index is 1370. The summed E-state index contributed by atoms with van der Waals surface area (Å²) in [6, 6.07) is 8.19. The normalized spacial score (nSPS) is 16.8. The van der Waals surface area contributed by atoms with Gasteiger partial charge in [0.1, 0.15) is 5.82 Å². The molecule has 4 rings (SSSR count). The summed E-state index contributed by atoms with van der Waals surface area (Å²) in [6.07, 6.45) is 2.17. The van der Waals surface area contributed by atoms with Gasteiger partial charge in [0.25, 0.3) is 10.0 Å². The maximum absolute atomic E-state index is 13.9. The van der Waals surface area contributed by atoms with E-state index in [1.807, 2.05) is 23.6 Å². The lowest BCUT2D eigenvalue weighted by Gasteiger charge is -2.41. The van der Waals surface area contributed by atoms with E-state index in [-0.39, 0.29) is 32.4 Å². The summed E-state index contributed by atoms with van der Waals surface area (Å²) >= 11 is 12.7. The minimum absolute atomic E-state index is 0.0234. The summed E-state index contributed by atoms with van der Waals surface area (Å²) in [5, 5.41) is 4.17. The second-order valence-electron chi connectivity index (χ2n) is 8.28. The number of piperazine rings is 1. The number of amidine groups is 1. The Labute approximate surface area is 217 Å². The van der Waals surface area contributed by atoms with Gasteiger partial charge in [0.05, 0.1) is 32.9 Å². The van der Waals surface area contributed by atoms with Gasteiger partial charge in [-0.05, 0) is 38.1 Å². The predicted octanol–water partition coefficient (Wildman–Crippen LogP) is 4.22. The van der Waals surface area contributed by atoms with Crippen molar-refractivity contribution >= 4 is 45.0 Å². The molecule has 0 amide bonds. The second-order valence-corrected chi connectivity index (χ2v) is 10.8. The fourth-order valence-electron chi connectivity index (χ4n) is 3.82. The van der Waals surface area contributed by atoms with Crippen molar-refractivity contribution in [2.45, 2.75) is 24.8 Å². The number of hydrogen-bond acceptors (Lipinski definition) is 6. The van der Waals surface area contributed by atoms with Crippen LogP contribution in [0.4, 0.5) is 14.7 Å². The lowest BCUT2D eigenvalue weighted by Crippen LogP contribution is -2.55. The lowest BCUT2D eigenvalue weighted by atomic mass is 10.1. The Balaban J connectivity index is 1.68. The van der Waals surface area contributed by atoms with E-state index in [1.165, 1.54) is 12.1 Å². The van der Waals surface area contributed by atoms with Crippen LogP contribution in [-0.2, 0) is 10.0 Å². The zero-order chi connectivity index (χ0) is 26.0. The molecular formula is C23H22Cl2F2N6O2S. The van der Waals surface area contributed by atoms with Gasteiger partial charge in [0.15, 0.2) is 11.7 Å². The molecular weight excluding hydrogens is 533 g/mol. The van der Waals surface area contributed by atoms with Gasteiger partial charge < -0.3 is 9.80 Å². The molecule has 1 aliphatic heterocycles. The van der Waals surface area contributed by atoms with E-state index in [9.17, 15) is 17.2 Å². The first-order valence-electron chi connectivity index (χ1n) is 10.9. The molecule has 0 radical (unpaired) electrons. The van der Waals surface area contributed by atoms with Gasteiger partial charge in [0, 0.05) is 25.7 Å². The van der Waals surface area contributed by atoms with E-state index >= 15 is 0 Å². The summed E-state index contributed by atoms with van der Waals surface area (Å²) < 4.78 is 53.0. The molecule has 1 fully saturated rings. The van der Waals surface area contributed by atoms with Crippen LogP contribution in [0.15, 0.2) is 58.8 Å². The molecule has 1 aromatic heterocycles. The smallest absolute Gasteiger partial charge is 0.276 e. The summed E-state index contributed by atoms with van der Waals surface area (Å²) in [5.74, 6) is -0.687. The maximum atomic E-state index is 13.9. The Hall–Kier alpha value is -3.02. The first-order chi connectivity index (χ1) is 17.0. The van der Waals surface area contributed by atoms with Crippen molar-refractivity contribution in [1.29, 1.82) is 0 Å². The number of rotatable bonds is 5. The highest BCUT2D eigenvalue weighted by molar-refractivity contribution is 7.89. The predicted molar refractivity (Wildman–Crippen MR) is 135 cm³/mol. The van der Waals surface area contributed by atoms with E-state index < -0.39 is 21.7 Å². The molecule has 1 atom stereocenters. The topological polar surface area (TPSA) is 90.8 Å². The lowest BCUT2D eigenvalue weighted by molar-refractivity contribution is 0.295. The number of sulfonamides is 1. The minimum atomic E-state index is -4.02. The molecule has 0 unspecified atom stereocenters. The highest BCUT2D eigenvalue weighted by atomic mass is 35.5. The molecule has 1 aliphatic rings. The molecule has 36 heavy (non-hydrogen) atoms. The van der Waals surface area contributed by atoms with E-state index in [0.29, 0.717) is 25.6 Å². The fraction of sp³-hybridized carbons (Fsp3) is 0.261. The Morgan fingerprint density at radius 1 is 1.06 bits per heavy atom. The van der Waals surface area contributed by atoms with E-state index in [2.05, 4.69) is 19.9 Å². The third-order valence-electron chi connectivity index (χ3n) is 5.62. The summed E-state index contributed by atoms with van der Waals surface area (Å²) in [5.41, 5.74) is 1.09. The molecule has 0 bridgehead atoms. The van der Waals surface area contributed by atoms with E-state index in [0.717, 1.165) is 30.1 Å². The molecule has 0 spiro atoms. The van der Waals surface area contributed by atoms with Crippen LogP contribution in [0.5, 0.6) is 0 Å². The molecule has 2 aromatic carbocycles. The standard InChI is InChI=1S/C23H22Cl2F2N6O2S/c1-14-3-5-18(6-4-14)36(34,35)31-30-22(21-19(24)9-16(26)10-20(21)25)33-8-7-32(13-15(33)2)23-28-11-17(27)12-29-23/h3-6,9-12,15,31H,7-8,13H2,1-2H3/b30-22-/t15-/m0/s1. The monoisotopic (exact) mass is 554 g/mol. The molecule has 1 N–H and O–H groups in total. The van der Waals surface area contributed by atoms with Crippen LogP contribution < -0.4 is 9.73 Å². The third-order valence-corrected chi connectivity index (χ3v) is 7.44. The van der Waals surface area contributed by atoms with Crippen molar-refractivity contribution in [2.75, 3.05) is 24.5 Å². The highest BCUT2D eigenvalue weighted by Crippen LogP contribution is 2.30. The summed E-state index contributed by atoms with van der Waals surface area (Å²) in [4.78, 5) is 14.0. The van der Waals surface area contributed by atoms with Crippen molar-refractivity contribution < 1.29 is 17.2 Å². The van der Waals surface area contributed by atoms with Crippen LogP contribution in [0.1, 0.15) is 18.1 Å². The quantitative estimate of drug-likeness (QED) is 0.288.